The number of phenols is 1. The van der Waals surface area contributed by atoms with Crippen molar-refractivity contribution in [1.29, 1.82) is 0 Å². The first kappa shape index (κ1) is 12.3. The minimum atomic E-state index is -0.139. The molecule has 2 aromatic rings. The van der Waals surface area contributed by atoms with E-state index in [1.807, 2.05) is 6.07 Å². The number of rotatable bonds is 3. The Hall–Kier alpha value is -1.75. The maximum Gasteiger partial charge on any atom is 0.326 e. The molecular formula is C14H19N3O2. The summed E-state index contributed by atoms with van der Waals surface area (Å²) in [6.45, 7) is 4.90. The number of likely N-dealkylation sites (tertiary alicyclic amines) is 1. The smallest absolute Gasteiger partial charge is 0.326 e. The topological polar surface area (TPSA) is 61.3 Å². The molecule has 5 heteroatoms. The van der Waals surface area contributed by atoms with E-state index in [4.69, 9.17) is 0 Å². The predicted octanol–water partition coefficient (Wildman–Crippen LogP) is 1.52. The second-order valence-corrected chi connectivity index (χ2v) is 5.14. The molecule has 19 heavy (non-hydrogen) atoms. The minimum Gasteiger partial charge on any atom is -0.506 e. The Morgan fingerprint density at radius 2 is 2.32 bits per heavy atom. The largest absolute Gasteiger partial charge is 0.506 e. The number of likely N-dealkylation sites (N-methyl/N-ethyl adjacent to an activating group) is 1. The first-order chi connectivity index (χ1) is 9.20. The summed E-state index contributed by atoms with van der Waals surface area (Å²) >= 11 is 0. The number of imidazole rings is 1. The van der Waals surface area contributed by atoms with Gasteiger partial charge in [0.05, 0.1) is 5.52 Å². The van der Waals surface area contributed by atoms with Crippen LogP contribution >= 0.6 is 0 Å². The highest BCUT2D eigenvalue weighted by molar-refractivity contribution is 5.81. The first-order valence-electron chi connectivity index (χ1n) is 6.85. The third-order valence-corrected chi connectivity index (χ3v) is 4.07. The second-order valence-electron chi connectivity index (χ2n) is 5.14. The fraction of sp³-hybridized carbons (Fsp3) is 0.500. The molecule has 1 fully saturated rings. The van der Waals surface area contributed by atoms with Crippen LogP contribution in [0.15, 0.2) is 23.0 Å². The third-order valence-electron chi connectivity index (χ3n) is 4.07. The summed E-state index contributed by atoms with van der Waals surface area (Å²) in [5.74, 6) is 0.164. The number of benzene rings is 1. The quantitative estimate of drug-likeness (QED) is 0.880. The number of nitrogens with zero attached hydrogens (tertiary/aromatic N) is 2. The van der Waals surface area contributed by atoms with Gasteiger partial charge in [0.15, 0.2) is 0 Å². The van der Waals surface area contributed by atoms with Crippen molar-refractivity contribution >= 4 is 11.0 Å². The number of nitrogens with one attached hydrogen (secondary N) is 1. The zero-order valence-corrected chi connectivity index (χ0v) is 11.1. The Morgan fingerprint density at radius 1 is 1.47 bits per heavy atom. The molecule has 0 aliphatic carbocycles. The molecule has 0 spiro atoms. The van der Waals surface area contributed by atoms with Crippen molar-refractivity contribution in [1.82, 2.24) is 14.5 Å². The summed E-state index contributed by atoms with van der Waals surface area (Å²) in [5, 5.41) is 9.97. The van der Waals surface area contributed by atoms with Crippen LogP contribution in [0.25, 0.3) is 11.0 Å². The molecule has 1 saturated heterocycles. The second kappa shape index (κ2) is 4.74. The van der Waals surface area contributed by atoms with E-state index in [1.165, 1.54) is 6.42 Å². The van der Waals surface area contributed by atoms with Crippen LogP contribution in [0.2, 0.25) is 0 Å². The van der Waals surface area contributed by atoms with E-state index in [2.05, 4.69) is 16.8 Å². The molecular weight excluding hydrogens is 242 g/mol. The van der Waals surface area contributed by atoms with Gasteiger partial charge in [-0.2, -0.15) is 0 Å². The number of hydrogen-bond donors (Lipinski definition) is 2. The molecule has 1 aliphatic heterocycles. The van der Waals surface area contributed by atoms with Crippen LogP contribution < -0.4 is 5.69 Å². The first-order valence-corrected chi connectivity index (χ1v) is 6.85. The molecule has 1 unspecified atom stereocenters. The summed E-state index contributed by atoms with van der Waals surface area (Å²) in [6.07, 6.45) is 2.29. The summed E-state index contributed by atoms with van der Waals surface area (Å²) < 4.78 is 1.67. The van der Waals surface area contributed by atoms with Crippen LogP contribution in [0, 0.1) is 0 Å². The van der Waals surface area contributed by atoms with E-state index in [0.29, 0.717) is 23.6 Å². The normalized spacial score (nSPS) is 20.4. The van der Waals surface area contributed by atoms with Crippen molar-refractivity contribution in [2.75, 3.05) is 13.1 Å². The lowest BCUT2D eigenvalue weighted by molar-refractivity contribution is 0.244. The maximum absolute atomic E-state index is 12.1. The maximum atomic E-state index is 12.1. The van der Waals surface area contributed by atoms with E-state index in [0.717, 1.165) is 19.5 Å². The standard InChI is InChI=1S/C14H19N3O2/c1-2-16-8-4-5-10(16)9-17-13-11(15-14(17)19)6-3-7-12(13)18/h3,6-7,10,18H,2,4-5,8-9H2,1H3,(H,15,19). The third kappa shape index (κ3) is 2.04. The Morgan fingerprint density at radius 3 is 3.11 bits per heavy atom. The van der Waals surface area contributed by atoms with Crippen LogP contribution in [-0.2, 0) is 6.54 Å². The van der Waals surface area contributed by atoms with Gasteiger partial charge in [-0.15, -0.1) is 0 Å². The van der Waals surface area contributed by atoms with Crippen molar-refractivity contribution < 1.29 is 5.11 Å². The number of aromatic nitrogens is 2. The van der Waals surface area contributed by atoms with Gasteiger partial charge in [-0.25, -0.2) is 4.79 Å². The van der Waals surface area contributed by atoms with Crippen LogP contribution in [0.4, 0.5) is 0 Å². The summed E-state index contributed by atoms with van der Waals surface area (Å²) in [6, 6.07) is 5.57. The highest BCUT2D eigenvalue weighted by Gasteiger charge is 2.25. The Labute approximate surface area is 111 Å². The molecule has 102 valence electrons. The van der Waals surface area contributed by atoms with E-state index >= 15 is 0 Å². The zero-order chi connectivity index (χ0) is 13.4. The van der Waals surface area contributed by atoms with Gasteiger partial charge < -0.3 is 10.1 Å². The number of hydrogen-bond acceptors (Lipinski definition) is 3. The summed E-state index contributed by atoms with van der Waals surface area (Å²) in [5.41, 5.74) is 1.18. The minimum absolute atomic E-state index is 0.139. The highest BCUT2D eigenvalue weighted by atomic mass is 16.3. The van der Waals surface area contributed by atoms with E-state index in [9.17, 15) is 9.90 Å². The van der Waals surface area contributed by atoms with Crippen LogP contribution in [0.3, 0.4) is 0 Å². The van der Waals surface area contributed by atoms with Crippen molar-refractivity contribution in [3.05, 3.63) is 28.7 Å². The van der Waals surface area contributed by atoms with Gasteiger partial charge >= 0.3 is 5.69 Å². The molecule has 0 bridgehead atoms. The van der Waals surface area contributed by atoms with E-state index in [-0.39, 0.29) is 11.4 Å². The average molecular weight is 261 g/mol. The number of phenolic OH excluding ortho intramolecular Hbond substituents is 1. The molecule has 0 saturated carbocycles. The van der Waals surface area contributed by atoms with Crippen molar-refractivity contribution in [2.45, 2.75) is 32.4 Å². The Kier molecular flexibility index (Phi) is 3.06. The van der Waals surface area contributed by atoms with Gasteiger partial charge in [-0.05, 0) is 38.1 Å². The molecule has 0 amide bonds. The Bertz CT molecular complexity index is 644. The highest BCUT2D eigenvalue weighted by Crippen LogP contribution is 2.24. The molecule has 2 heterocycles. The lowest BCUT2D eigenvalue weighted by atomic mass is 10.2. The van der Waals surface area contributed by atoms with Crippen molar-refractivity contribution in [3.63, 3.8) is 0 Å². The molecule has 1 atom stereocenters. The lowest BCUT2D eigenvalue weighted by Gasteiger charge is -2.22. The number of aromatic amines is 1. The van der Waals surface area contributed by atoms with Gasteiger partial charge in [-0.3, -0.25) is 9.47 Å². The Balaban J connectivity index is 2.01. The molecule has 3 rings (SSSR count). The van der Waals surface area contributed by atoms with E-state index in [1.54, 1.807) is 16.7 Å². The van der Waals surface area contributed by atoms with Gasteiger partial charge in [0.1, 0.15) is 11.3 Å². The molecule has 5 nitrogen and oxygen atoms in total. The SMILES string of the molecule is CCN1CCCC1Cn1c(=O)[nH]c2cccc(O)c21. The molecule has 1 aromatic heterocycles. The predicted molar refractivity (Wildman–Crippen MR) is 74.5 cm³/mol. The van der Waals surface area contributed by atoms with Crippen LogP contribution in [0.5, 0.6) is 5.75 Å². The molecule has 2 N–H and O–H groups in total. The van der Waals surface area contributed by atoms with Crippen molar-refractivity contribution in [3.8, 4) is 5.75 Å². The summed E-state index contributed by atoms with van der Waals surface area (Å²) in [4.78, 5) is 17.2. The average Bonchev–Trinajstić information content (AvgIpc) is 2.96. The zero-order valence-electron chi connectivity index (χ0n) is 11.1. The van der Waals surface area contributed by atoms with Crippen LogP contribution in [0.1, 0.15) is 19.8 Å². The van der Waals surface area contributed by atoms with E-state index < -0.39 is 0 Å². The summed E-state index contributed by atoms with van der Waals surface area (Å²) in [7, 11) is 0. The molecule has 1 aliphatic rings. The monoisotopic (exact) mass is 261 g/mol. The molecule has 0 radical (unpaired) electrons. The van der Waals surface area contributed by atoms with Gasteiger partial charge in [0.2, 0.25) is 0 Å². The fourth-order valence-electron chi connectivity index (χ4n) is 3.10. The number of para-hydroxylation sites is 1. The number of aromatic hydroxyl groups is 1. The number of fused-ring (bicyclic) bond motifs is 1. The van der Waals surface area contributed by atoms with Gasteiger partial charge in [0.25, 0.3) is 0 Å². The van der Waals surface area contributed by atoms with Crippen LogP contribution in [-0.4, -0.2) is 38.7 Å². The van der Waals surface area contributed by atoms with Gasteiger partial charge in [0, 0.05) is 12.6 Å². The number of H-pyrrole nitrogens is 1. The fourth-order valence-corrected chi connectivity index (χ4v) is 3.10. The molecule has 1 aromatic carbocycles. The van der Waals surface area contributed by atoms with Gasteiger partial charge in [-0.1, -0.05) is 13.0 Å². The lowest BCUT2D eigenvalue weighted by Crippen LogP contribution is -2.35. The van der Waals surface area contributed by atoms with Crippen molar-refractivity contribution in [2.24, 2.45) is 0 Å².